The first kappa shape index (κ1) is 18.3. The fourth-order valence-electron chi connectivity index (χ4n) is 2.80. The van der Waals surface area contributed by atoms with Crippen molar-refractivity contribution >= 4 is 17.4 Å². The Morgan fingerprint density at radius 1 is 1.14 bits per heavy atom. The lowest BCUT2D eigenvalue weighted by atomic mass is 10.2. The Morgan fingerprint density at radius 2 is 1.96 bits per heavy atom. The van der Waals surface area contributed by atoms with Crippen molar-refractivity contribution in [1.29, 1.82) is 0 Å². The van der Waals surface area contributed by atoms with Gasteiger partial charge in [0, 0.05) is 37.9 Å². The molecule has 4 rings (SSSR count). The Labute approximate surface area is 166 Å². The minimum Gasteiger partial charge on any atom is -0.462 e. The average Bonchev–Trinajstić information content (AvgIpc) is 3.25. The van der Waals surface area contributed by atoms with Crippen LogP contribution in [0.25, 0.3) is 10.6 Å². The number of benzene rings is 1. The van der Waals surface area contributed by atoms with Gasteiger partial charge in [-0.25, -0.2) is 4.79 Å². The van der Waals surface area contributed by atoms with Crippen LogP contribution >= 0.6 is 11.3 Å². The molecule has 1 fully saturated rings. The van der Waals surface area contributed by atoms with E-state index in [1.165, 1.54) is 11.3 Å². The first-order chi connectivity index (χ1) is 13.8. The van der Waals surface area contributed by atoms with Crippen molar-refractivity contribution in [1.82, 2.24) is 30.7 Å². The number of urea groups is 1. The maximum Gasteiger partial charge on any atom is 0.320 e. The molecule has 1 atom stereocenters. The van der Waals surface area contributed by atoms with E-state index in [-0.39, 0.29) is 6.03 Å². The molecule has 9 heteroatoms. The summed E-state index contributed by atoms with van der Waals surface area (Å²) in [6, 6.07) is 13.2. The summed E-state index contributed by atoms with van der Waals surface area (Å²) in [5.41, 5.74) is 0.972. The van der Waals surface area contributed by atoms with Crippen LogP contribution in [0, 0.1) is 0 Å². The van der Waals surface area contributed by atoms with Gasteiger partial charge in [-0.15, -0.1) is 10.2 Å². The lowest BCUT2D eigenvalue weighted by Gasteiger charge is -2.29. The summed E-state index contributed by atoms with van der Waals surface area (Å²) in [5.74, 6) is 0.546. The highest BCUT2D eigenvalue weighted by molar-refractivity contribution is 7.14. The first-order valence-corrected chi connectivity index (χ1v) is 9.83. The molecule has 0 bridgehead atoms. The molecule has 2 N–H and O–H groups in total. The van der Waals surface area contributed by atoms with Crippen LogP contribution in [0.5, 0.6) is 5.75 Å². The van der Waals surface area contributed by atoms with Crippen molar-refractivity contribution in [2.24, 2.45) is 0 Å². The van der Waals surface area contributed by atoms with E-state index in [1.807, 2.05) is 30.3 Å². The lowest BCUT2D eigenvalue weighted by Crippen LogP contribution is -2.51. The number of nitrogens with one attached hydrogen (secondary N) is 2. The van der Waals surface area contributed by atoms with Gasteiger partial charge < -0.3 is 15.0 Å². The number of pyridine rings is 1. The zero-order valence-electron chi connectivity index (χ0n) is 15.1. The molecule has 1 aliphatic rings. The summed E-state index contributed by atoms with van der Waals surface area (Å²) < 4.78 is 5.98. The van der Waals surface area contributed by atoms with Crippen LogP contribution in [0.4, 0.5) is 4.79 Å². The predicted octanol–water partition coefficient (Wildman–Crippen LogP) is 2.29. The van der Waals surface area contributed by atoms with Gasteiger partial charge in [0.2, 0.25) is 6.23 Å². The Morgan fingerprint density at radius 3 is 2.71 bits per heavy atom. The molecule has 1 aromatic carbocycles. The van der Waals surface area contributed by atoms with Crippen LogP contribution < -0.4 is 15.4 Å². The van der Waals surface area contributed by atoms with E-state index in [2.05, 4.69) is 25.8 Å². The number of carbonyl (C=O) groups is 1. The van der Waals surface area contributed by atoms with Crippen molar-refractivity contribution in [2.75, 3.05) is 26.2 Å². The highest BCUT2D eigenvalue weighted by atomic mass is 32.1. The first-order valence-electron chi connectivity index (χ1n) is 9.01. The van der Waals surface area contributed by atoms with Crippen LogP contribution in [-0.2, 0) is 0 Å². The maximum atomic E-state index is 12.7. The average molecular weight is 396 g/mol. The molecule has 2 amide bonds. The summed E-state index contributed by atoms with van der Waals surface area (Å²) >= 11 is 1.39. The molecule has 3 aromatic rings. The van der Waals surface area contributed by atoms with Gasteiger partial charge >= 0.3 is 6.03 Å². The molecule has 1 aliphatic heterocycles. The van der Waals surface area contributed by atoms with Gasteiger partial charge in [0.1, 0.15) is 10.8 Å². The van der Waals surface area contributed by atoms with E-state index in [1.54, 1.807) is 29.4 Å². The normalized spacial score (nSPS) is 15.1. The topological polar surface area (TPSA) is 92.3 Å². The third-order valence-electron chi connectivity index (χ3n) is 4.23. The number of hydrogen-bond acceptors (Lipinski definition) is 7. The molecule has 8 nitrogen and oxygen atoms in total. The van der Waals surface area contributed by atoms with E-state index in [4.69, 9.17) is 4.74 Å². The van der Waals surface area contributed by atoms with E-state index in [0.717, 1.165) is 23.7 Å². The quantitative estimate of drug-likeness (QED) is 0.643. The number of rotatable bonds is 5. The Kier molecular flexibility index (Phi) is 5.74. The molecule has 0 aliphatic carbocycles. The number of carbonyl (C=O) groups excluding carboxylic acids is 1. The Hall–Kier alpha value is -3.04. The number of piperazine rings is 1. The fourth-order valence-corrected chi connectivity index (χ4v) is 3.63. The summed E-state index contributed by atoms with van der Waals surface area (Å²) in [7, 11) is 0. The summed E-state index contributed by atoms with van der Waals surface area (Å²) in [4.78, 5) is 18.5. The van der Waals surface area contributed by atoms with Crippen LogP contribution in [0.2, 0.25) is 0 Å². The Bertz CT molecular complexity index is 899. The second-order valence-corrected chi connectivity index (χ2v) is 7.19. The molecule has 1 saturated heterocycles. The summed E-state index contributed by atoms with van der Waals surface area (Å²) in [6.07, 6.45) is 2.52. The number of hydrogen-bond donors (Lipinski definition) is 2. The SMILES string of the molecule is O=C(NC(Oc1cccnc1)c1nnc(-c2ccccc2)s1)N1CCNCC1. The zero-order chi connectivity index (χ0) is 19.2. The van der Waals surface area contributed by atoms with Gasteiger partial charge in [-0.2, -0.15) is 0 Å². The van der Waals surface area contributed by atoms with Crippen LogP contribution in [0.15, 0.2) is 54.9 Å². The van der Waals surface area contributed by atoms with Gasteiger partial charge in [0.05, 0.1) is 6.20 Å². The molecule has 2 aromatic heterocycles. The van der Waals surface area contributed by atoms with E-state index in [0.29, 0.717) is 23.8 Å². The molecular formula is C19H20N6O2S. The molecular weight excluding hydrogens is 376 g/mol. The van der Waals surface area contributed by atoms with Gasteiger partial charge in [0.25, 0.3) is 0 Å². The highest BCUT2D eigenvalue weighted by Gasteiger charge is 2.25. The molecule has 0 spiro atoms. The zero-order valence-corrected chi connectivity index (χ0v) is 15.9. The van der Waals surface area contributed by atoms with Crippen molar-refractivity contribution in [3.63, 3.8) is 0 Å². The molecule has 28 heavy (non-hydrogen) atoms. The predicted molar refractivity (Wildman–Crippen MR) is 106 cm³/mol. The minimum atomic E-state index is -0.749. The van der Waals surface area contributed by atoms with Crippen LogP contribution in [0.1, 0.15) is 11.2 Å². The third-order valence-corrected chi connectivity index (χ3v) is 5.25. The van der Waals surface area contributed by atoms with Gasteiger partial charge in [-0.1, -0.05) is 41.7 Å². The second-order valence-electron chi connectivity index (χ2n) is 6.18. The minimum absolute atomic E-state index is 0.188. The third kappa shape index (κ3) is 4.44. The Balaban J connectivity index is 1.55. The highest BCUT2D eigenvalue weighted by Crippen LogP contribution is 2.28. The van der Waals surface area contributed by atoms with Gasteiger partial charge in [-0.3, -0.25) is 10.3 Å². The van der Waals surface area contributed by atoms with Crippen LogP contribution in [-0.4, -0.2) is 52.3 Å². The van der Waals surface area contributed by atoms with Crippen molar-refractivity contribution < 1.29 is 9.53 Å². The molecule has 3 heterocycles. The van der Waals surface area contributed by atoms with Gasteiger partial charge in [-0.05, 0) is 12.1 Å². The number of nitrogens with zero attached hydrogens (tertiary/aromatic N) is 4. The molecule has 1 unspecified atom stereocenters. The molecule has 144 valence electrons. The fraction of sp³-hybridized carbons (Fsp3) is 0.263. The van der Waals surface area contributed by atoms with E-state index >= 15 is 0 Å². The lowest BCUT2D eigenvalue weighted by molar-refractivity contribution is 0.139. The standard InChI is InChI=1S/C19H20N6O2S/c26-19(25-11-9-20-10-12-25)22-16(27-15-7-4-8-21-13-15)18-24-23-17(28-18)14-5-2-1-3-6-14/h1-8,13,16,20H,9-12H2,(H,22,26). The van der Waals surface area contributed by atoms with Crippen LogP contribution in [0.3, 0.4) is 0 Å². The van der Waals surface area contributed by atoms with E-state index < -0.39 is 6.23 Å². The smallest absolute Gasteiger partial charge is 0.320 e. The molecule has 0 radical (unpaired) electrons. The number of ether oxygens (including phenoxy) is 1. The number of amides is 2. The summed E-state index contributed by atoms with van der Waals surface area (Å²) in [5, 5.41) is 16.0. The summed E-state index contributed by atoms with van der Waals surface area (Å²) in [6.45, 7) is 2.85. The van der Waals surface area contributed by atoms with Crippen molar-refractivity contribution in [3.8, 4) is 16.3 Å². The number of aromatic nitrogens is 3. The van der Waals surface area contributed by atoms with Crippen molar-refractivity contribution in [2.45, 2.75) is 6.23 Å². The molecule has 0 saturated carbocycles. The monoisotopic (exact) mass is 396 g/mol. The largest absolute Gasteiger partial charge is 0.462 e. The van der Waals surface area contributed by atoms with Gasteiger partial charge in [0.15, 0.2) is 5.01 Å². The maximum absolute atomic E-state index is 12.7. The van der Waals surface area contributed by atoms with E-state index in [9.17, 15) is 4.79 Å². The van der Waals surface area contributed by atoms with Crippen molar-refractivity contribution in [3.05, 3.63) is 59.9 Å². The second kappa shape index (κ2) is 8.77.